The molecule has 0 unspecified atom stereocenters. The van der Waals surface area contributed by atoms with Gasteiger partial charge in [-0.25, -0.2) is 9.67 Å². The molecule has 11 heteroatoms. The lowest BCUT2D eigenvalue weighted by Gasteiger charge is -2.30. The molecule has 11 nitrogen and oxygen atoms in total. The molecule has 1 saturated heterocycles. The molecule has 3 heterocycles. The lowest BCUT2D eigenvalue weighted by molar-refractivity contribution is -0.139. The molecule has 4 amide bonds. The van der Waals surface area contributed by atoms with E-state index in [1.54, 1.807) is 30.5 Å². The fraction of sp³-hybridized carbons (Fsp3) is 0.739. The topological polar surface area (TPSA) is 130 Å². The second-order valence-electron chi connectivity index (χ2n) is 9.70. The number of carbonyl (C=O) groups is 4. The summed E-state index contributed by atoms with van der Waals surface area (Å²) < 4.78 is 1.77. The molecule has 0 aliphatic carbocycles. The fourth-order valence-electron chi connectivity index (χ4n) is 4.44. The van der Waals surface area contributed by atoms with Crippen molar-refractivity contribution >= 4 is 23.6 Å². The second-order valence-corrected chi connectivity index (χ2v) is 9.70. The number of nitrogens with zero attached hydrogens (tertiary/aromatic N) is 5. The van der Waals surface area contributed by atoms with Crippen molar-refractivity contribution in [3.8, 4) is 0 Å². The highest BCUT2D eigenvalue weighted by molar-refractivity contribution is 5.91. The molecular formula is C23H37N7O4. The number of amides is 4. The van der Waals surface area contributed by atoms with Crippen LogP contribution in [-0.4, -0.2) is 80.4 Å². The number of aryl methyl sites for hydroxylation is 1. The standard InChI is InChI=1S/C23H37N7O4/c1-14(2)13-18-21-24-16(4)27-30(21)12-11-29(23(34)17-8-9-19(31)25-17)10-6-7-20(32)28(5)15(3)22(33)26-18/h14-15,17-18H,6-13H2,1-5H3,(H,25,31)(H,26,33)/t15-,17+,18+/m0/s1. The minimum absolute atomic E-state index is 0.118. The second kappa shape index (κ2) is 11.0. The summed E-state index contributed by atoms with van der Waals surface area (Å²) in [5.41, 5.74) is 0. The largest absolute Gasteiger partial charge is 0.344 e. The molecule has 0 saturated carbocycles. The van der Waals surface area contributed by atoms with Crippen LogP contribution in [0.15, 0.2) is 0 Å². The third kappa shape index (κ3) is 6.12. The van der Waals surface area contributed by atoms with E-state index in [2.05, 4.69) is 34.6 Å². The van der Waals surface area contributed by atoms with Crippen molar-refractivity contribution in [3.05, 3.63) is 11.6 Å². The monoisotopic (exact) mass is 475 g/mol. The van der Waals surface area contributed by atoms with Crippen LogP contribution in [0.1, 0.15) is 70.6 Å². The lowest BCUT2D eigenvalue weighted by Crippen LogP contribution is -2.48. The van der Waals surface area contributed by atoms with Crippen molar-refractivity contribution in [1.29, 1.82) is 0 Å². The Kier molecular flexibility index (Phi) is 8.27. The summed E-state index contributed by atoms with van der Waals surface area (Å²) >= 11 is 0. The molecule has 1 aromatic heterocycles. The Bertz CT molecular complexity index is 928. The van der Waals surface area contributed by atoms with Crippen LogP contribution in [0.4, 0.5) is 0 Å². The predicted octanol–water partition coefficient (Wildman–Crippen LogP) is 0.538. The summed E-state index contributed by atoms with van der Waals surface area (Å²) in [6.07, 6.45) is 2.16. The first kappa shape index (κ1) is 25.6. The Morgan fingerprint density at radius 2 is 1.85 bits per heavy atom. The minimum Gasteiger partial charge on any atom is -0.344 e. The number of fused-ring (bicyclic) bond motifs is 1. The van der Waals surface area contributed by atoms with E-state index in [9.17, 15) is 19.2 Å². The van der Waals surface area contributed by atoms with Crippen LogP contribution in [0.5, 0.6) is 0 Å². The van der Waals surface area contributed by atoms with E-state index in [1.165, 1.54) is 4.90 Å². The maximum absolute atomic E-state index is 13.2. The highest BCUT2D eigenvalue weighted by Crippen LogP contribution is 2.21. The van der Waals surface area contributed by atoms with Crippen molar-refractivity contribution in [3.63, 3.8) is 0 Å². The van der Waals surface area contributed by atoms with E-state index < -0.39 is 12.1 Å². The van der Waals surface area contributed by atoms with E-state index in [-0.39, 0.29) is 42.0 Å². The molecule has 0 bridgehead atoms. The number of likely N-dealkylation sites (N-methyl/N-ethyl adjacent to an activating group) is 1. The summed E-state index contributed by atoms with van der Waals surface area (Å²) in [5, 5.41) is 10.4. The molecule has 1 aromatic rings. The summed E-state index contributed by atoms with van der Waals surface area (Å²) in [6, 6.07) is -1.55. The molecule has 34 heavy (non-hydrogen) atoms. The van der Waals surface area contributed by atoms with Gasteiger partial charge in [0, 0.05) is 33.0 Å². The smallest absolute Gasteiger partial charge is 0.245 e. The van der Waals surface area contributed by atoms with Gasteiger partial charge in [0.25, 0.3) is 0 Å². The molecule has 2 aliphatic rings. The molecule has 3 rings (SSSR count). The quantitative estimate of drug-likeness (QED) is 0.656. The maximum Gasteiger partial charge on any atom is 0.245 e. The number of hydrogen-bond acceptors (Lipinski definition) is 6. The van der Waals surface area contributed by atoms with Crippen LogP contribution in [-0.2, 0) is 25.7 Å². The molecule has 2 N–H and O–H groups in total. The molecule has 3 atom stereocenters. The average Bonchev–Trinajstić information content (AvgIpc) is 3.38. The normalized spacial score (nSPS) is 25.1. The Labute approximate surface area is 200 Å². The fourth-order valence-corrected chi connectivity index (χ4v) is 4.44. The number of nitrogens with one attached hydrogen (secondary N) is 2. The Morgan fingerprint density at radius 1 is 1.12 bits per heavy atom. The van der Waals surface area contributed by atoms with Crippen molar-refractivity contribution in [1.82, 2.24) is 35.2 Å². The first-order chi connectivity index (χ1) is 16.1. The van der Waals surface area contributed by atoms with Gasteiger partial charge in [-0.05, 0) is 39.0 Å². The van der Waals surface area contributed by atoms with Crippen LogP contribution >= 0.6 is 0 Å². The van der Waals surface area contributed by atoms with E-state index in [0.717, 1.165) is 0 Å². The molecule has 0 radical (unpaired) electrons. The Hall–Kier alpha value is -2.98. The average molecular weight is 476 g/mol. The molecule has 0 aromatic carbocycles. The van der Waals surface area contributed by atoms with Crippen molar-refractivity contribution in [2.24, 2.45) is 5.92 Å². The van der Waals surface area contributed by atoms with Gasteiger partial charge in [0.2, 0.25) is 23.6 Å². The van der Waals surface area contributed by atoms with Crippen LogP contribution in [0.25, 0.3) is 0 Å². The number of aromatic nitrogens is 3. The zero-order valence-corrected chi connectivity index (χ0v) is 20.8. The lowest BCUT2D eigenvalue weighted by atomic mass is 10.0. The predicted molar refractivity (Wildman–Crippen MR) is 124 cm³/mol. The number of carbonyl (C=O) groups excluding carboxylic acids is 4. The molecule has 1 fully saturated rings. The molecular weight excluding hydrogens is 438 g/mol. The summed E-state index contributed by atoms with van der Waals surface area (Å²) in [4.78, 5) is 58.3. The Balaban J connectivity index is 1.91. The number of rotatable bonds is 3. The van der Waals surface area contributed by atoms with E-state index in [1.807, 2.05) is 0 Å². The zero-order valence-electron chi connectivity index (χ0n) is 20.8. The van der Waals surface area contributed by atoms with Gasteiger partial charge in [0.1, 0.15) is 23.7 Å². The third-order valence-corrected chi connectivity index (χ3v) is 6.50. The summed E-state index contributed by atoms with van der Waals surface area (Å²) in [6.45, 7) is 8.79. The van der Waals surface area contributed by atoms with Gasteiger partial charge in [-0.2, -0.15) is 5.10 Å². The van der Waals surface area contributed by atoms with Gasteiger partial charge in [0.15, 0.2) is 0 Å². The van der Waals surface area contributed by atoms with Gasteiger partial charge >= 0.3 is 0 Å². The van der Waals surface area contributed by atoms with Crippen LogP contribution in [0.2, 0.25) is 0 Å². The highest BCUT2D eigenvalue weighted by Gasteiger charge is 2.32. The summed E-state index contributed by atoms with van der Waals surface area (Å²) in [5.74, 6) is 0.863. The van der Waals surface area contributed by atoms with Gasteiger partial charge in [-0.15, -0.1) is 0 Å². The first-order valence-electron chi connectivity index (χ1n) is 12.1. The van der Waals surface area contributed by atoms with Crippen LogP contribution in [0.3, 0.4) is 0 Å². The van der Waals surface area contributed by atoms with Crippen molar-refractivity contribution < 1.29 is 19.2 Å². The van der Waals surface area contributed by atoms with E-state index in [0.29, 0.717) is 57.0 Å². The summed E-state index contributed by atoms with van der Waals surface area (Å²) in [7, 11) is 1.62. The van der Waals surface area contributed by atoms with E-state index >= 15 is 0 Å². The third-order valence-electron chi connectivity index (χ3n) is 6.50. The van der Waals surface area contributed by atoms with Gasteiger partial charge in [-0.3, -0.25) is 19.2 Å². The van der Waals surface area contributed by atoms with E-state index in [4.69, 9.17) is 0 Å². The SMILES string of the molecule is Cc1nc2n(n1)CCN(C(=O)[C@H]1CCC(=O)N1)CCCC(=O)N(C)[C@@H](C)C(=O)N[C@@H]2CC(C)C. The minimum atomic E-state index is -0.644. The van der Waals surface area contributed by atoms with Crippen molar-refractivity contribution in [2.75, 3.05) is 20.1 Å². The maximum atomic E-state index is 13.2. The highest BCUT2D eigenvalue weighted by atomic mass is 16.2. The zero-order chi connectivity index (χ0) is 25.0. The molecule has 188 valence electrons. The molecule has 0 spiro atoms. The first-order valence-corrected chi connectivity index (χ1v) is 12.1. The van der Waals surface area contributed by atoms with Crippen LogP contribution < -0.4 is 10.6 Å². The van der Waals surface area contributed by atoms with Crippen LogP contribution in [0, 0.1) is 12.8 Å². The number of hydrogen-bond donors (Lipinski definition) is 2. The molecule has 2 aliphatic heterocycles. The van der Waals surface area contributed by atoms with Gasteiger partial charge < -0.3 is 20.4 Å². The van der Waals surface area contributed by atoms with Gasteiger partial charge in [-0.1, -0.05) is 13.8 Å². The van der Waals surface area contributed by atoms with Crippen molar-refractivity contribution in [2.45, 2.75) is 84.5 Å². The van der Waals surface area contributed by atoms with Gasteiger partial charge in [0.05, 0.1) is 12.6 Å². The Morgan fingerprint density at radius 3 is 2.50 bits per heavy atom.